The number of hydrogen-bond donors (Lipinski definition) is 2. The lowest BCUT2D eigenvalue weighted by Crippen LogP contribution is -2.44. The van der Waals surface area contributed by atoms with Crippen LogP contribution < -0.4 is 5.32 Å². The Bertz CT molecular complexity index is 220. The summed E-state index contributed by atoms with van der Waals surface area (Å²) in [5.41, 5.74) is 0. The highest BCUT2D eigenvalue weighted by molar-refractivity contribution is 5.93. The second-order valence-electron chi connectivity index (χ2n) is 3.07. The van der Waals surface area contributed by atoms with Crippen molar-refractivity contribution in [3.8, 4) is 11.8 Å². The van der Waals surface area contributed by atoms with Crippen LogP contribution in [0.25, 0.3) is 0 Å². The van der Waals surface area contributed by atoms with Crippen LogP contribution in [0.3, 0.4) is 0 Å². The number of aliphatic hydroxyl groups excluding tert-OH is 1. The van der Waals surface area contributed by atoms with Gasteiger partial charge in [-0.1, -0.05) is 5.92 Å². The van der Waals surface area contributed by atoms with Crippen molar-refractivity contribution in [1.82, 2.24) is 5.32 Å². The monoisotopic (exact) mass is 167 g/mol. The van der Waals surface area contributed by atoms with Crippen molar-refractivity contribution in [2.75, 3.05) is 6.61 Å². The number of carbonyl (C=O) groups excluding carboxylic acids is 1. The van der Waals surface area contributed by atoms with E-state index in [1.165, 1.54) is 0 Å². The molecule has 12 heavy (non-hydrogen) atoms. The molecule has 0 spiro atoms. The lowest BCUT2D eigenvalue weighted by molar-refractivity contribution is -0.117. The number of aliphatic hydroxyl groups is 1. The van der Waals surface area contributed by atoms with E-state index in [0.717, 1.165) is 12.8 Å². The molecule has 0 aliphatic heterocycles. The maximum atomic E-state index is 10.9. The van der Waals surface area contributed by atoms with Crippen LogP contribution in [0.5, 0.6) is 0 Å². The second kappa shape index (κ2) is 4.13. The second-order valence-corrected chi connectivity index (χ2v) is 3.07. The van der Waals surface area contributed by atoms with Gasteiger partial charge in [-0.15, -0.1) is 0 Å². The first kappa shape index (κ1) is 9.08. The van der Waals surface area contributed by atoms with Crippen LogP contribution in [0.15, 0.2) is 0 Å². The summed E-state index contributed by atoms with van der Waals surface area (Å²) < 4.78 is 0. The Labute approximate surface area is 72.2 Å². The highest BCUT2D eigenvalue weighted by atomic mass is 16.3. The molecule has 3 nitrogen and oxygen atoms in total. The number of hydrogen-bond acceptors (Lipinski definition) is 2. The van der Waals surface area contributed by atoms with E-state index < -0.39 is 0 Å². The van der Waals surface area contributed by atoms with Gasteiger partial charge < -0.3 is 10.4 Å². The molecule has 1 rings (SSSR count). The first-order chi connectivity index (χ1) is 5.76. The molecule has 1 amide bonds. The van der Waals surface area contributed by atoms with Crippen molar-refractivity contribution in [2.45, 2.75) is 25.8 Å². The molecular formula is C9H13NO2. The highest BCUT2D eigenvalue weighted by Crippen LogP contribution is 2.26. The number of rotatable bonds is 2. The molecule has 66 valence electrons. The molecule has 1 fully saturated rings. The van der Waals surface area contributed by atoms with E-state index in [9.17, 15) is 4.79 Å². The zero-order valence-corrected chi connectivity index (χ0v) is 7.13. The van der Waals surface area contributed by atoms with E-state index in [4.69, 9.17) is 5.11 Å². The average Bonchev–Trinajstić information content (AvgIpc) is 1.96. The molecule has 0 radical (unpaired) electrons. The van der Waals surface area contributed by atoms with Gasteiger partial charge in [-0.3, -0.25) is 4.79 Å². The quantitative estimate of drug-likeness (QED) is 0.564. The van der Waals surface area contributed by atoms with Gasteiger partial charge in [-0.25, -0.2) is 0 Å². The lowest BCUT2D eigenvalue weighted by atomic mass is 9.81. The largest absolute Gasteiger partial charge is 0.396 e. The average molecular weight is 167 g/mol. The van der Waals surface area contributed by atoms with E-state index in [1.54, 1.807) is 6.92 Å². The summed E-state index contributed by atoms with van der Waals surface area (Å²) in [4.78, 5) is 10.9. The van der Waals surface area contributed by atoms with Crippen LogP contribution in [0, 0.1) is 17.8 Å². The van der Waals surface area contributed by atoms with Crippen LogP contribution in [-0.4, -0.2) is 23.7 Å². The van der Waals surface area contributed by atoms with Gasteiger partial charge in [0.2, 0.25) is 0 Å². The molecule has 0 aromatic heterocycles. The molecule has 2 N–H and O–H groups in total. The summed E-state index contributed by atoms with van der Waals surface area (Å²) in [6, 6.07) is 0.232. The molecule has 1 aliphatic carbocycles. The smallest absolute Gasteiger partial charge is 0.296 e. The molecule has 0 aromatic carbocycles. The van der Waals surface area contributed by atoms with Gasteiger partial charge in [-0.2, -0.15) is 0 Å². The van der Waals surface area contributed by atoms with Gasteiger partial charge in [0.1, 0.15) is 0 Å². The van der Waals surface area contributed by atoms with Gasteiger partial charge in [0, 0.05) is 12.6 Å². The maximum absolute atomic E-state index is 10.9. The Morgan fingerprint density at radius 2 is 2.33 bits per heavy atom. The molecule has 1 aliphatic rings. The minimum absolute atomic E-state index is 0.209. The topological polar surface area (TPSA) is 49.3 Å². The van der Waals surface area contributed by atoms with Gasteiger partial charge >= 0.3 is 0 Å². The van der Waals surface area contributed by atoms with Crippen molar-refractivity contribution in [1.29, 1.82) is 0 Å². The predicted molar refractivity (Wildman–Crippen MR) is 45.2 cm³/mol. The normalized spacial score (nSPS) is 26.5. The first-order valence-corrected chi connectivity index (χ1v) is 4.10. The summed E-state index contributed by atoms with van der Waals surface area (Å²) >= 11 is 0. The number of amides is 1. The summed E-state index contributed by atoms with van der Waals surface area (Å²) in [5, 5.41) is 11.5. The molecule has 0 heterocycles. The predicted octanol–water partition coefficient (Wildman–Crippen LogP) is -0.103. The zero-order chi connectivity index (χ0) is 8.97. The summed E-state index contributed by atoms with van der Waals surface area (Å²) in [6.45, 7) is 1.86. The van der Waals surface area contributed by atoms with Gasteiger partial charge in [-0.05, 0) is 31.6 Å². The Morgan fingerprint density at radius 3 is 2.83 bits per heavy atom. The van der Waals surface area contributed by atoms with Gasteiger partial charge in [0.15, 0.2) is 0 Å². The molecule has 1 saturated carbocycles. The van der Waals surface area contributed by atoms with Crippen molar-refractivity contribution in [3.05, 3.63) is 0 Å². The molecule has 0 bridgehead atoms. The van der Waals surface area contributed by atoms with E-state index in [0.29, 0.717) is 5.92 Å². The zero-order valence-electron chi connectivity index (χ0n) is 7.13. The summed E-state index contributed by atoms with van der Waals surface area (Å²) in [7, 11) is 0. The third-order valence-corrected chi connectivity index (χ3v) is 2.07. The van der Waals surface area contributed by atoms with Crippen molar-refractivity contribution >= 4 is 5.91 Å². The Morgan fingerprint density at radius 1 is 1.67 bits per heavy atom. The Hall–Kier alpha value is -1.01. The van der Waals surface area contributed by atoms with E-state index in [1.807, 2.05) is 0 Å². The van der Waals surface area contributed by atoms with Crippen LogP contribution in [0.1, 0.15) is 19.8 Å². The molecule has 0 atom stereocenters. The van der Waals surface area contributed by atoms with Gasteiger partial charge in [0.25, 0.3) is 5.91 Å². The fourth-order valence-corrected chi connectivity index (χ4v) is 1.34. The van der Waals surface area contributed by atoms with E-state index in [-0.39, 0.29) is 18.6 Å². The van der Waals surface area contributed by atoms with E-state index >= 15 is 0 Å². The number of nitrogens with one attached hydrogen (secondary N) is 1. The molecule has 0 saturated heterocycles. The summed E-state index contributed by atoms with van der Waals surface area (Å²) in [6.07, 6.45) is 1.77. The lowest BCUT2D eigenvalue weighted by Gasteiger charge is -2.33. The number of carbonyl (C=O) groups is 1. The van der Waals surface area contributed by atoms with Crippen molar-refractivity contribution in [3.63, 3.8) is 0 Å². The van der Waals surface area contributed by atoms with Gasteiger partial charge in [0.05, 0.1) is 0 Å². The SMILES string of the molecule is CC#CC(=O)NC1CC(CO)C1. The van der Waals surface area contributed by atoms with Crippen molar-refractivity contribution < 1.29 is 9.90 Å². The van der Waals surface area contributed by atoms with Crippen LogP contribution in [-0.2, 0) is 4.79 Å². The van der Waals surface area contributed by atoms with Crippen LogP contribution in [0.4, 0.5) is 0 Å². The van der Waals surface area contributed by atoms with Crippen molar-refractivity contribution in [2.24, 2.45) is 5.92 Å². The third kappa shape index (κ3) is 2.24. The standard InChI is InChI=1S/C9H13NO2/c1-2-3-9(12)10-8-4-7(5-8)6-11/h7-8,11H,4-6H2,1H3,(H,10,12). The summed E-state index contributed by atoms with van der Waals surface area (Å²) in [5.74, 6) is 5.12. The fourth-order valence-electron chi connectivity index (χ4n) is 1.34. The minimum atomic E-state index is -0.209. The van der Waals surface area contributed by atoms with Crippen LogP contribution in [0.2, 0.25) is 0 Å². The Balaban J connectivity index is 2.17. The van der Waals surface area contributed by atoms with E-state index in [2.05, 4.69) is 17.2 Å². The fraction of sp³-hybridized carbons (Fsp3) is 0.667. The molecular weight excluding hydrogens is 154 g/mol. The highest BCUT2D eigenvalue weighted by Gasteiger charge is 2.28. The minimum Gasteiger partial charge on any atom is -0.396 e. The molecule has 0 aromatic rings. The third-order valence-electron chi connectivity index (χ3n) is 2.07. The first-order valence-electron chi connectivity index (χ1n) is 4.10. The molecule has 0 unspecified atom stereocenters. The maximum Gasteiger partial charge on any atom is 0.296 e. The van der Waals surface area contributed by atoms with Crippen LogP contribution >= 0.6 is 0 Å². The Kier molecular flexibility index (Phi) is 3.12. The molecule has 3 heteroatoms.